The molecule has 1 spiro atoms. The summed E-state index contributed by atoms with van der Waals surface area (Å²) in [4.78, 5) is 14.3. The molecule has 1 aromatic carbocycles. The minimum Gasteiger partial charge on any atom is -0.598 e. The van der Waals surface area contributed by atoms with Gasteiger partial charge in [-0.3, -0.25) is 0 Å². The summed E-state index contributed by atoms with van der Waals surface area (Å²) in [7, 11) is 0. The second-order valence-electron chi connectivity index (χ2n) is 10.4. The summed E-state index contributed by atoms with van der Waals surface area (Å²) in [6.45, 7) is 12.6. The van der Waals surface area contributed by atoms with Gasteiger partial charge in [-0.15, -0.1) is 4.72 Å². The Morgan fingerprint density at radius 2 is 1.90 bits per heavy atom. The van der Waals surface area contributed by atoms with Gasteiger partial charge in [-0.25, -0.2) is 4.79 Å². The zero-order valence-corrected chi connectivity index (χ0v) is 19.7. The summed E-state index contributed by atoms with van der Waals surface area (Å²) in [5.74, 6) is 0. The molecule has 6 nitrogen and oxygen atoms in total. The zero-order valence-electron chi connectivity index (χ0n) is 18.9. The topological polar surface area (TPSA) is 88.4 Å². The van der Waals surface area contributed by atoms with Gasteiger partial charge in [0.05, 0.1) is 17.7 Å². The smallest absolute Gasteiger partial charge is 0.410 e. The molecule has 0 aromatic heterocycles. The number of nitrogens with zero attached hydrogens (tertiary/aromatic N) is 2. The van der Waals surface area contributed by atoms with Gasteiger partial charge in [0.15, 0.2) is 0 Å². The van der Waals surface area contributed by atoms with Crippen LogP contribution in [0.15, 0.2) is 18.2 Å². The molecule has 164 valence electrons. The van der Waals surface area contributed by atoms with Gasteiger partial charge in [-0.2, -0.15) is 5.26 Å². The van der Waals surface area contributed by atoms with Crippen LogP contribution in [0.4, 0.5) is 4.79 Å². The minimum absolute atomic E-state index is 0.172. The van der Waals surface area contributed by atoms with Gasteiger partial charge in [0.2, 0.25) is 0 Å². The van der Waals surface area contributed by atoms with Crippen LogP contribution in [0.25, 0.3) is 0 Å². The molecule has 3 rings (SSSR count). The fourth-order valence-electron chi connectivity index (χ4n) is 4.39. The van der Waals surface area contributed by atoms with Crippen LogP contribution in [0, 0.1) is 16.7 Å². The molecule has 0 saturated carbocycles. The number of nitriles is 1. The highest BCUT2D eigenvalue weighted by Gasteiger charge is 2.52. The Labute approximate surface area is 183 Å². The van der Waals surface area contributed by atoms with Crippen LogP contribution in [0.2, 0.25) is 0 Å². The molecule has 1 aromatic rings. The molecule has 1 fully saturated rings. The third-order valence-electron chi connectivity index (χ3n) is 5.95. The summed E-state index contributed by atoms with van der Waals surface area (Å²) < 4.78 is 21.5. The molecule has 1 aliphatic carbocycles. The standard InChI is InChI=1S/C23H33N3O3S/c1-21(2,3)29-20(27)26-12-10-23(11-13-26)14-16-8-7-9-17(15-24)18(16)19(23)25-30(28)22(4,5)6/h7-9,19,25H,10-14H2,1-6H3/t19-,30-/m1/s1. The van der Waals surface area contributed by atoms with Crippen molar-refractivity contribution in [3.05, 3.63) is 34.9 Å². The van der Waals surface area contributed by atoms with E-state index in [4.69, 9.17) is 4.74 Å². The Morgan fingerprint density at radius 3 is 2.43 bits per heavy atom. The Kier molecular flexibility index (Phi) is 6.16. The molecule has 1 amide bonds. The van der Waals surface area contributed by atoms with E-state index in [0.29, 0.717) is 18.7 Å². The third-order valence-corrected chi connectivity index (χ3v) is 7.51. The van der Waals surface area contributed by atoms with Crippen LogP contribution in [0.5, 0.6) is 0 Å². The van der Waals surface area contributed by atoms with Crippen molar-refractivity contribution in [3.63, 3.8) is 0 Å². The normalized spacial score (nSPS) is 21.8. The second-order valence-corrected chi connectivity index (χ2v) is 12.4. The number of carbonyl (C=O) groups excluding carboxylic acids is 1. The Balaban J connectivity index is 1.87. The number of amides is 1. The van der Waals surface area contributed by atoms with E-state index in [9.17, 15) is 14.6 Å². The van der Waals surface area contributed by atoms with E-state index in [2.05, 4.69) is 16.9 Å². The highest BCUT2D eigenvalue weighted by atomic mass is 32.2. The third kappa shape index (κ3) is 4.61. The van der Waals surface area contributed by atoms with Gasteiger partial charge in [0, 0.05) is 29.9 Å². The average molecular weight is 432 g/mol. The van der Waals surface area contributed by atoms with Crippen molar-refractivity contribution < 1.29 is 14.1 Å². The van der Waals surface area contributed by atoms with Crippen molar-refractivity contribution >= 4 is 17.5 Å². The lowest BCUT2D eigenvalue weighted by Gasteiger charge is -2.44. The second kappa shape index (κ2) is 8.07. The lowest BCUT2D eigenvalue weighted by Crippen LogP contribution is -2.51. The fourth-order valence-corrected chi connectivity index (χ4v) is 5.32. The van der Waals surface area contributed by atoms with Crippen molar-refractivity contribution in [3.8, 4) is 6.07 Å². The first-order valence-electron chi connectivity index (χ1n) is 10.5. The van der Waals surface area contributed by atoms with Crippen molar-refractivity contribution in [1.82, 2.24) is 9.62 Å². The highest BCUT2D eigenvalue weighted by Crippen LogP contribution is 2.53. The van der Waals surface area contributed by atoms with E-state index in [1.54, 1.807) is 4.90 Å². The van der Waals surface area contributed by atoms with E-state index >= 15 is 0 Å². The van der Waals surface area contributed by atoms with Crippen molar-refractivity contribution in [1.29, 1.82) is 5.26 Å². The first kappa shape index (κ1) is 22.9. The summed E-state index contributed by atoms with van der Waals surface area (Å²) >= 11 is -1.27. The molecule has 1 heterocycles. The fraction of sp³-hybridized carbons (Fsp3) is 0.652. The van der Waals surface area contributed by atoms with Crippen molar-refractivity contribution in [2.75, 3.05) is 13.1 Å². The van der Waals surface area contributed by atoms with Gasteiger partial charge in [-0.05, 0) is 78.0 Å². The summed E-state index contributed by atoms with van der Waals surface area (Å²) in [5.41, 5.74) is 2.06. The Morgan fingerprint density at radius 1 is 1.27 bits per heavy atom. The SMILES string of the molecule is CC(C)(C)OC(=O)N1CCC2(CC1)Cc1cccc(C#N)c1[C@H]2N[S@+]([O-])C(C)(C)C. The van der Waals surface area contributed by atoms with Crippen LogP contribution in [-0.2, 0) is 22.5 Å². The molecule has 2 aliphatic rings. The molecule has 7 heteroatoms. The van der Waals surface area contributed by atoms with Gasteiger partial charge in [0.1, 0.15) is 10.3 Å². The number of fused-ring (bicyclic) bond motifs is 1. The molecule has 0 radical (unpaired) electrons. The average Bonchev–Trinajstić information content (AvgIpc) is 2.93. The van der Waals surface area contributed by atoms with Crippen molar-refractivity contribution in [2.45, 2.75) is 77.2 Å². The van der Waals surface area contributed by atoms with Gasteiger partial charge in [-0.1, -0.05) is 12.1 Å². The van der Waals surface area contributed by atoms with Gasteiger partial charge < -0.3 is 14.2 Å². The number of rotatable bonds is 2. The Hall–Kier alpha value is -1.75. The lowest BCUT2D eigenvalue weighted by molar-refractivity contribution is 0.00715. The van der Waals surface area contributed by atoms with Gasteiger partial charge >= 0.3 is 6.09 Å². The molecular weight excluding hydrogens is 398 g/mol. The van der Waals surface area contributed by atoms with Crippen LogP contribution >= 0.6 is 0 Å². The van der Waals surface area contributed by atoms with Crippen LogP contribution in [0.1, 0.15) is 77.1 Å². The quantitative estimate of drug-likeness (QED) is 0.708. The summed E-state index contributed by atoms with van der Waals surface area (Å²) in [6, 6.07) is 7.97. The molecule has 1 saturated heterocycles. The van der Waals surface area contributed by atoms with Crippen LogP contribution < -0.4 is 4.72 Å². The van der Waals surface area contributed by atoms with Crippen LogP contribution in [-0.4, -0.2) is 39.0 Å². The van der Waals surface area contributed by atoms with E-state index < -0.39 is 21.7 Å². The monoisotopic (exact) mass is 431 g/mol. The van der Waals surface area contributed by atoms with Crippen LogP contribution in [0.3, 0.4) is 0 Å². The highest BCUT2D eigenvalue weighted by molar-refractivity contribution is 7.90. The number of ether oxygens (including phenoxy) is 1. The molecule has 1 N–H and O–H groups in total. The summed E-state index contributed by atoms with van der Waals surface area (Å²) in [5, 5.41) is 9.70. The molecule has 1 aliphatic heterocycles. The first-order chi connectivity index (χ1) is 13.9. The maximum Gasteiger partial charge on any atom is 0.410 e. The number of carbonyl (C=O) groups is 1. The molecule has 2 atom stereocenters. The number of hydrogen-bond acceptors (Lipinski definition) is 5. The van der Waals surface area contributed by atoms with Gasteiger partial charge in [0.25, 0.3) is 0 Å². The number of hydrogen-bond donors (Lipinski definition) is 1. The molecule has 30 heavy (non-hydrogen) atoms. The number of benzene rings is 1. The molecular formula is C23H33N3O3S. The lowest BCUT2D eigenvalue weighted by atomic mass is 9.73. The van der Waals surface area contributed by atoms with Crippen molar-refractivity contribution in [2.24, 2.45) is 5.41 Å². The van der Waals surface area contributed by atoms with E-state index in [0.717, 1.165) is 30.4 Å². The van der Waals surface area contributed by atoms with E-state index in [-0.39, 0.29) is 17.6 Å². The van der Waals surface area contributed by atoms with E-state index in [1.165, 1.54) is 0 Å². The Bertz CT molecular complexity index is 843. The molecule has 0 bridgehead atoms. The number of piperidine rings is 1. The van der Waals surface area contributed by atoms with E-state index in [1.807, 2.05) is 53.7 Å². The first-order valence-corrected chi connectivity index (χ1v) is 11.7. The summed E-state index contributed by atoms with van der Waals surface area (Å²) in [6.07, 6.45) is 2.07. The predicted octanol–water partition coefficient (Wildman–Crippen LogP) is 4.22. The zero-order chi connectivity index (χ0) is 22.3. The molecule has 0 unspecified atom stereocenters. The maximum atomic E-state index is 13.0. The minimum atomic E-state index is -1.27. The number of nitrogens with one attached hydrogen (secondary N) is 1. The maximum absolute atomic E-state index is 13.0. The largest absolute Gasteiger partial charge is 0.598 e. The predicted molar refractivity (Wildman–Crippen MR) is 118 cm³/mol. The number of likely N-dealkylation sites (tertiary alicyclic amines) is 1.